The summed E-state index contributed by atoms with van der Waals surface area (Å²) >= 11 is 0. The molecule has 7 heteroatoms. The van der Waals surface area contributed by atoms with E-state index < -0.39 is 23.5 Å². The van der Waals surface area contributed by atoms with Crippen LogP contribution in [0.1, 0.15) is 25.7 Å². The maximum atomic E-state index is 13.4. The van der Waals surface area contributed by atoms with E-state index in [9.17, 15) is 18.4 Å². The number of nitrogen functional groups attached to an aromatic ring is 1. The van der Waals surface area contributed by atoms with Crippen LogP contribution in [0.2, 0.25) is 0 Å². The second kappa shape index (κ2) is 6.67. The normalized spacial score (nSPS) is 10.2. The minimum Gasteiger partial charge on any atom is -0.481 e. The zero-order valence-corrected chi connectivity index (χ0v) is 10.1. The lowest BCUT2D eigenvalue weighted by Gasteiger charge is -2.09. The Morgan fingerprint density at radius 1 is 1.21 bits per heavy atom. The number of anilines is 2. The predicted octanol–water partition coefficient (Wildman–Crippen LogP) is 2.13. The topological polar surface area (TPSA) is 92.4 Å². The van der Waals surface area contributed by atoms with Crippen LogP contribution in [0.4, 0.5) is 20.2 Å². The van der Waals surface area contributed by atoms with Crippen LogP contribution in [0.15, 0.2) is 12.1 Å². The van der Waals surface area contributed by atoms with Crippen LogP contribution in [0.25, 0.3) is 0 Å². The summed E-state index contributed by atoms with van der Waals surface area (Å²) in [5, 5.41) is 10.6. The molecule has 0 aliphatic carbocycles. The van der Waals surface area contributed by atoms with Crippen LogP contribution in [0, 0.1) is 11.6 Å². The molecule has 4 N–H and O–H groups in total. The summed E-state index contributed by atoms with van der Waals surface area (Å²) in [4.78, 5) is 21.7. The summed E-state index contributed by atoms with van der Waals surface area (Å²) in [5.41, 5.74) is 4.98. The molecular formula is C12H14F2N2O3. The van der Waals surface area contributed by atoms with E-state index in [1.54, 1.807) is 0 Å². The number of halogens is 2. The Morgan fingerprint density at radius 3 is 2.47 bits per heavy atom. The summed E-state index contributed by atoms with van der Waals surface area (Å²) in [6.07, 6.45) is 0.658. The Balaban J connectivity index is 2.53. The number of carbonyl (C=O) groups excluding carboxylic acids is 1. The van der Waals surface area contributed by atoms with Gasteiger partial charge < -0.3 is 16.2 Å². The highest BCUT2D eigenvalue weighted by atomic mass is 19.2. The SMILES string of the molecule is Nc1ccc(F)c(F)c1NC(=O)CCCCC(=O)O. The zero-order valence-electron chi connectivity index (χ0n) is 10.1. The number of carbonyl (C=O) groups is 2. The Labute approximate surface area is 108 Å². The van der Waals surface area contributed by atoms with Crippen molar-refractivity contribution in [2.75, 3.05) is 11.1 Å². The van der Waals surface area contributed by atoms with Crippen molar-refractivity contribution in [1.82, 2.24) is 0 Å². The molecule has 5 nitrogen and oxygen atoms in total. The van der Waals surface area contributed by atoms with Gasteiger partial charge in [0.1, 0.15) is 5.69 Å². The molecule has 1 amide bonds. The number of hydrogen-bond donors (Lipinski definition) is 3. The summed E-state index contributed by atoms with van der Waals surface area (Å²) in [7, 11) is 0. The highest BCUT2D eigenvalue weighted by molar-refractivity contribution is 5.93. The number of aliphatic carboxylic acids is 1. The van der Waals surface area contributed by atoms with Gasteiger partial charge in [-0.2, -0.15) is 0 Å². The van der Waals surface area contributed by atoms with E-state index in [1.807, 2.05) is 0 Å². The van der Waals surface area contributed by atoms with Gasteiger partial charge in [0.05, 0.1) is 5.69 Å². The fraction of sp³-hybridized carbons (Fsp3) is 0.333. The minimum absolute atomic E-state index is 0.0165. The van der Waals surface area contributed by atoms with Crippen LogP contribution in [-0.2, 0) is 9.59 Å². The van der Waals surface area contributed by atoms with Crippen molar-refractivity contribution in [3.05, 3.63) is 23.8 Å². The number of benzene rings is 1. The van der Waals surface area contributed by atoms with Crippen molar-refractivity contribution in [1.29, 1.82) is 0 Å². The van der Waals surface area contributed by atoms with E-state index in [1.165, 1.54) is 0 Å². The fourth-order valence-electron chi connectivity index (χ4n) is 1.46. The van der Waals surface area contributed by atoms with Crippen LogP contribution >= 0.6 is 0 Å². The maximum absolute atomic E-state index is 13.4. The number of unbranched alkanes of at least 4 members (excludes halogenated alkanes) is 1. The molecule has 1 rings (SSSR count). The lowest BCUT2D eigenvalue weighted by atomic mass is 10.2. The number of amides is 1. The number of nitrogens with one attached hydrogen (secondary N) is 1. The highest BCUT2D eigenvalue weighted by Gasteiger charge is 2.14. The largest absolute Gasteiger partial charge is 0.481 e. The highest BCUT2D eigenvalue weighted by Crippen LogP contribution is 2.24. The van der Waals surface area contributed by atoms with E-state index in [0.29, 0.717) is 12.8 Å². The van der Waals surface area contributed by atoms with E-state index in [-0.39, 0.29) is 24.2 Å². The van der Waals surface area contributed by atoms with Gasteiger partial charge in [0.2, 0.25) is 5.91 Å². The first kappa shape index (κ1) is 14.9. The van der Waals surface area contributed by atoms with Gasteiger partial charge in [-0.05, 0) is 25.0 Å². The Kier molecular flexibility index (Phi) is 5.23. The van der Waals surface area contributed by atoms with Crippen LogP contribution in [-0.4, -0.2) is 17.0 Å². The number of carboxylic acids is 1. The van der Waals surface area contributed by atoms with Crippen LogP contribution < -0.4 is 11.1 Å². The molecule has 0 heterocycles. The predicted molar refractivity (Wildman–Crippen MR) is 65.5 cm³/mol. The lowest BCUT2D eigenvalue weighted by molar-refractivity contribution is -0.137. The van der Waals surface area contributed by atoms with Crippen molar-refractivity contribution in [3.63, 3.8) is 0 Å². The first-order valence-electron chi connectivity index (χ1n) is 5.67. The Bertz CT molecular complexity index is 492. The third-order valence-electron chi connectivity index (χ3n) is 2.44. The molecule has 0 aromatic heterocycles. The van der Waals surface area contributed by atoms with Crippen molar-refractivity contribution >= 4 is 23.3 Å². The van der Waals surface area contributed by atoms with Crippen molar-refractivity contribution in [2.24, 2.45) is 0 Å². The summed E-state index contributed by atoms with van der Waals surface area (Å²) in [5.74, 6) is -3.79. The van der Waals surface area contributed by atoms with Crippen molar-refractivity contribution in [3.8, 4) is 0 Å². The molecule has 0 fully saturated rings. The van der Waals surface area contributed by atoms with E-state index in [2.05, 4.69) is 5.32 Å². The molecule has 1 aromatic rings. The van der Waals surface area contributed by atoms with Gasteiger partial charge in [-0.25, -0.2) is 8.78 Å². The summed E-state index contributed by atoms with van der Waals surface area (Å²) in [6, 6.07) is 2.02. The standard InChI is InChI=1S/C12H14F2N2O3/c13-7-5-6-8(15)12(11(7)14)16-9(17)3-1-2-4-10(18)19/h5-6H,1-4,15H2,(H,16,17)(H,18,19). The van der Waals surface area contributed by atoms with Gasteiger partial charge in [0.25, 0.3) is 0 Å². The molecule has 0 unspecified atom stereocenters. The molecule has 0 saturated heterocycles. The maximum Gasteiger partial charge on any atom is 0.303 e. The van der Waals surface area contributed by atoms with Crippen molar-refractivity contribution < 1.29 is 23.5 Å². The van der Waals surface area contributed by atoms with Gasteiger partial charge in [-0.1, -0.05) is 0 Å². The van der Waals surface area contributed by atoms with Crippen LogP contribution in [0.5, 0.6) is 0 Å². The Hall–Kier alpha value is -2.18. The summed E-state index contributed by atoms with van der Waals surface area (Å²) in [6.45, 7) is 0. The molecule has 0 saturated carbocycles. The average Bonchev–Trinajstić information content (AvgIpc) is 2.35. The van der Waals surface area contributed by atoms with Gasteiger partial charge in [0, 0.05) is 12.8 Å². The molecule has 104 valence electrons. The zero-order chi connectivity index (χ0) is 14.4. The fourth-order valence-corrected chi connectivity index (χ4v) is 1.46. The van der Waals surface area contributed by atoms with Gasteiger partial charge in [-0.15, -0.1) is 0 Å². The third-order valence-corrected chi connectivity index (χ3v) is 2.44. The number of nitrogens with two attached hydrogens (primary N) is 1. The molecular weight excluding hydrogens is 258 g/mol. The second-order valence-corrected chi connectivity index (χ2v) is 3.97. The van der Waals surface area contributed by atoms with E-state index >= 15 is 0 Å². The first-order chi connectivity index (χ1) is 8.91. The second-order valence-electron chi connectivity index (χ2n) is 3.97. The van der Waals surface area contributed by atoms with Gasteiger partial charge in [-0.3, -0.25) is 9.59 Å². The monoisotopic (exact) mass is 272 g/mol. The summed E-state index contributed by atoms with van der Waals surface area (Å²) < 4.78 is 26.3. The first-order valence-corrected chi connectivity index (χ1v) is 5.67. The third kappa shape index (κ3) is 4.53. The Morgan fingerprint density at radius 2 is 1.84 bits per heavy atom. The van der Waals surface area contributed by atoms with Crippen molar-refractivity contribution in [2.45, 2.75) is 25.7 Å². The molecule has 0 aliphatic heterocycles. The molecule has 19 heavy (non-hydrogen) atoms. The lowest BCUT2D eigenvalue weighted by Crippen LogP contribution is -2.14. The van der Waals surface area contributed by atoms with Crippen LogP contribution in [0.3, 0.4) is 0 Å². The number of rotatable bonds is 6. The number of hydrogen-bond acceptors (Lipinski definition) is 3. The molecule has 0 bridgehead atoms. The minimum atomic E-state index is -1.21. The molecule has 0 spiro atoms. The van der Waals surface area contributed by atoms with Gasteiger partial charge >= 0.3 is 5.97 Å². The molecule has 1 aromatic carbocycles. The van der Waals surface area contributed by atoms with E-state index in [0.717, 1.165) is 12.1 Å². The molecule has 0 atom stereocenters. The van der Waals surface area contributed by atoms with Gasteiger partial charge in [0.15, 0.2) is 11.6 Å². The smallest absolute Gasteiger partial charge is 0.303 e. The number of carboxylic acid groups (broad SMARTS) is 1. The van der Waals surface area contributed by atoms with E-state index in [4.69, 9.17) is 10.8 Å². The molecule has 0 radical (unpaired) electrons. The average molecular weight is 272 g/mol. The quantitative estimate of drug-likeness (QED) is 0.546. The molecule has 0 aliphatic rings.